The standard InChI is InChI=1S/C21H26N2O5S/c1-15-12-19(9-10-20(15)28-3)29(25,26)23-11-5-6-16(14-23)21(24)22-17-7-4-8-18(13-17)27-2/h4,7-10,12-13,16H,5-6,11,14H2,1-3H3,(H,22,24)/t16-/m0/s1. The highest BCUT2D eigenvalue weighted by atomic mass is 32.2. The Balaban J connectivity index is 1.73. The lowest BCUT2D eigenvalue weighted by Gasteiger charge is -2.31. The summed E-state index contributed by atoms with van der Waals surface area (Å²) in [7, 11) is -0.572. The molecule has 1 N–H and O–H groups in total. The highest BCUT2D eigenvalue weighted by Gasteiger charge is 2.33. The number of hydrogen-bond donors (Lipinski definition) is 1. The van der Waals surface area contributed by atoms with Crippen molar-refractivity contribution in [2.75, 3.05) is 32.6 Å². The molecular weight excluding hydrogens is 392 g/mol. The molecule has 1 saturated heterocycles. The van der Waals surface area contributed by atoms with Crippen molar-refractivity contribution in [3.63, 3.8) is 0 Å². The van der Waals surface area contributed by atoms with Gasteiger partial charge in [-0.25, -0.2) is 8.42 Å². The van der Waals surface area contributed by atoms with E-state index in [2.05, 4.69) is 5.32 Å². The molecule has 0 unspecified atom stereocenters. The molecule has 8 heteroatoms. The number of sulfonamides is 1. The van der Waals surface area contributed by atoms with Crippen LogP contribution in [0.2, 0.25) is 0 Å². The number of rotatable bonds is 6. The molecule has 156 valence electrons. The molecule has 1 heterocycles. The summed E-state index contributed by atoms with van der Waals surface area (Å²) < 4.78 is 37.9. The lowest BCUT2D eigenvalue weighted by molar-refractivity contribution is -0.120. The predicted molar refractivity (Wildman–Crippen MR) is 111 cm³/mol. The van der Waals surface area contributed by atoms with Crippen LogP contribution in [0.1, 0.15) is 18.4 Å². The second-order valence-corrected chi connectivity index (χ2v) is 8.99. The molecule has 0 saturated carbocycles. The number of nitrogens with one attached hydrogen (secondary N) is 1. The summed E-state index contributed by atoms with van der Waals surface area (Å²) in [4.78, 5) is 12.9. The molecule has 2 aromatic rings. The van der Waals surface area contributed by atoms with Gasteiger partial charge in [0.2, 0.25) is 15.9 Å². The minimum absolute atomic E-state index is 0.156. The van der Waals surface area contributed by atoms with Gasteiger partial charge >= 0.3 is 0 Å². The normalized spacial score (nSPS) is 17.6. The first-order valence-corrected chi connectivity index (χ1v) is 10.9. The van der Waals surface area contributed by atoms with Gasteiger partial charge < -0.3 is 14.8 Å². The molecule has 3 rings (SSSR count). The summed E-state index contributed by atoms with van der Waals surface area (Å²) in [5, 5.41) is 2.87. The third kappa shape index (κ3) is 4.71. The summed E-state index contributed by atoms with van der Waals surface area (Å²) >= 11 is 0. The van der Waals surface area contributed by atoms with E-state index in [9.17, 15) is 13.2 Å². The second kappa shape index (κ2) is 8.84. The number of nitrogens with zero attached hydrogens (tertiary/aromatic N) is 1. The molecule has 0 aliphatic carbocycles. The molecular formula is C21H26N2O5S. The third-order valence-corrected chi connectivity index (χ3v) is 6.96. The van der Waals surface area contributed by atoms with E-state index in [1.807, 2.05) is 0 Å². The third-order valence-electron chi connectivity index (χ3n) is 5.10. The molecule has 0 bridgehead atoms. The summed E-state index contributed by atoms with van der Waals surface area (Å²) in [5.74, 6) is 0.678. The number of piperidine rings is 1. The van der Waals surface area contributed by atoms with E-state index in [-0.39, 0.29) is 17.3 Å². The van der Waals surface area contributed by atoms with E-state index < -0.39 is 15.9 Å². The summed E-state index contributed by atoms with van der Waals surface area (Å²) in [6.45, 7) is 2.36. The van der Waals surface area contributed by atoms with Crippen molar-refractivity contribution in [2.45, 2.75) is 24.7 Å². The van der Waals surface area contributed by atoms with Crippen LogP contribution in [0, 0.1) is 12.8 Å². The number of amides is 1. The van der Waals surface area contributed by atoms with E-state index in [0.717, 1.165) is 5.56 Å². The average molecular weight is 419 g/mol. The van der Waals surface area contributed by atoms with Crippen molar-refractivity contribution in [1.29, 1.82) is 0 Å². The van der Waals surface area contributed by atoms with Gasteiger partial charge in [0.1, 0.15) is 11.5 Å². The Labute approximate surface area is 171 Å². The van der Waals surface area contributed by atoms with Gasteiger partial charge in [0.15, 0.2) is 0 Å². The Kier molecular flexibility index (Phi) is 6.44. The Bertz CT molecular complexity index is 990. The number of carbonyl (C=O) groups excluding carboxylic acids is 1. The molecule has 2 aromatic carbocycles. The topological polar surface area (TPSA) is 84.9 Å². The van der Waals surface area contributed by atoms with Crippen molar-refractivity contribution in [1.82, 2.24) is 4.31 Å². The van der Waals surface area contributed by atoms with E-state index in [0.29, 0.717) is 36.6 Å². The molecule has 0 spiro atoms. The first-order chi connectivity index (χ1) is 13.8. The summed E-state index contributed by atoms with van der Waals surface area (Å²) in [6.07, 6.45) is 1.27. The first kappa shape index (κ1) is 21.1. The highest BCUT2D eigenvalue weighted by Crippen LogP contribution is 2.28. The number of anilines is 1. The molecule has 1 amide bonds. The lowest BCUT2D eigenvalue weighted by Crippen LogP contribution is -2.43. The van der Waals surface area contributed by atoms with Gasteiger partial charge in [-0.3, -0.25) is 4.79 Å². The fourth-order valence-electron chi connectivity index (χ4n) is 3.48. The Morgan fingerprint density at radius 3 is 2.62 bits per heavy atom. The van der Waals surface area contributed by atoms with Crippen LogP contribution in [0.4, 0.5) is 5.69 Å². The molecule has 1 aliphatic rings. The Morgan fingerprint density at radius 1 is 1.14 bits per heavy atom. The molecule has 1 fully saturated rings. The molecule has 29 heavy (non-hydrogen) atoms. The minimum Gasteiger partial charge on any atom is -0.497 e. The molecule has 1 aliphatic heterocycles. The number of methoxy groups -OCH3 is 2. The van der Waals surface area contributed by atoms with Crippen LogP contribution >= 0.6 is 0 Å². The van der Waals surface area contributed by atoms with Crippen LogP contribution in [0.3, 0.4) is 0 Å². The van der Waals surface area contributed by atoms with Gasteiger partial charge in [-0.15, -0.1) is 0 Å². The summed E-state index contributed by atoms with van der Waals surface area (Å²) in [6, 6.07) is 11.9. The van der Waals surface area contributed by atoms with E-state index in [1.165, 1.54) is 4.31 Å². The number of ether oxygens (including phenoxy) is 2. The SMILES string of the molecule is COc1cccc(NC(=O)[C@H]2CCCN(S(=O)(=O)c3ccc(OC)c(C)c3)C2)c1. The maximum absolute atomic E-state index is 13.1. The fraction of sp³-hybridized carbons (Fsp3) is 0.381. The van der Waals surface area contributed by atoms with Crippen LogP contribution in [-0.2, 0) is 14.8 Å². The van der Waals surface area contributed by atoms with E-state index in [1.54, 1.807) is 63.6 Å². The number of benzene rings is 2. The van der Waals surface area contributed by atoms with Crippen LogP contribution in [-0.4, -0.2) is 45.9 Å². The number of hydrogen-bond acceptors (Lipinski definition) is 5. The van der Waals surface area contributed by atoms with Gasteiger partial charge in [-0.05, 0) is 55.7 Å². The van der Waals surface area contributed by atoms with Gasteiger partial charge in [-0.2, -0.15) is 4.31 Å². The molecule has 7 nitrogen and oxygen atoms in total. The summed E-state index contributed by atoms with van der Waals surface area (Å²) in [5.41, 5.74) is 1.37. The van der Waals surface area contributed by atoms with E-state index >= 15 is 0 Å². The van der Waals surface area contributed by atoms with Crippen molar-refractivity contribution in [3.8, 4) is 11.5 Å². The highest BCUT2D eigenvalue weighted by molar-refractivity contribution is 7.89. The van der Waals surface area contributed by atoms with Crippen LogP contribution in [0.25, 0.3) is 0 Å². The van der Waals surface area contributed by atoms with Crippen LogP contribution in [0.5, 0.6) is 11.5 Å². The Hall–Kier alpha value is -2.58. The maximum Gasteiger partial charge on any atom is 0.243 e. The zero-order valence-electron chi connectivity index (χ0n) is 16.8. The van der Waals surface area contributed by atoms with Gasteiger partial charge in [0, 0.05) is 24.8 Å². The minimum atomic E-state index is -3.68. The van der Waals surface area contributed by atoms with Crippen LogP contribution < -0.4 is 14.8 Å². The fourth-order valence-corrected chi connectivity index (χ4v) is 5.09. The van der Waals surface area contributed by atoms with Crippen LogP contribution in [0.15, 0.2) is 47.4 Å². The second-order valence-electron chi connectivity index (χ2n) is 7.05. The number of carbonyl (C=O) groups is 1. The van der Waals surface area contributed by atoms with Crippen molar-refractivity contribution < 1.29 is 22.7 Å². The monoisotopic (exact) mass is 418 g/mol. The quantitative estimate of drug-likeness (QED) is 0.779. The molecule has 0 radical (unpaired) electrons. The lowest BCUT2D eigenvalue weighted by atomic mass is 9.98. The number of aryl methyl sites for hydroxylation is 1. The maximum atomic E-state index is 13.1. The van der Waals surface area contributed by atoms with Crippen molar-refractivity contribution >= 4 is 21.6 Å². The zero-order chi connectivity index (χ0) is 21.0. The van der Waals surface area contributed by atoms with E-state index in [4.69, 9.17) is 9.47 Å². The smallest absolute Gasteiger partial charge is 0.243 e. The van der Waals surface area contributed by atoms with Crippen molar-refractivity contribution in [3.05, 3.63) is 48.0 Å². The van der Waals surface area contributed by atoms with Gasteiger partial charge in [0.05, 0.1) is 25.0 Å². The van der Waals surface area contributed by atoms with Gasteiger partial charge in [-0.1, -0.05) is 6.07 Å². The zero-order valence-corrected chi connectivity index (χ0v) is 17.7. The van der Waals surface area contributed by atoms with Crippen molar-refractivity contribution in [2.24, 2.45) is 5.92 Å². The average Bonchev–Trinajstić information content (AvgIpc) is 2.73. The van der Waals surface area contributed by atoms with Gasteiger partial charge in [0.25, 0.3) is 0 Å². The molecule has 0 aromatic heterocycles. The first-order valence-electron chi connectivity index (χ1n) is 9.45. The predicted octanol–water partition coefficient (Wildman–Crippen LogP) is 3.05. The largest absolute Gasteiger partial charge is 0.497 e. The Morgan fingerprint density at radius 2 is 1.93 bits per heavy atom. The molecule has 1 atom stereocenters.